The molecule has 1 saturated heterocycles. The Hall–Kier alpha value is -3.65. The lowest BCUT2D eigenvalue weighted by Crippen LogP contribution is -2.30. The van der Waals surface area contributed by atoms with Gasteiger partial charge in [-0.1, -0.05) is 24.3 Å². The van der Waals surface area contributed by atoms with E-state index in [2.05, 4.69) is 5.32 Å². The van der Waals surface area contributed by atoms with Crippen molar-refractivity contribution in [3.05, 3.63) is 90.0 Å². The van der Waals surface area contributed by atoms with Crippen molar-refractivity contribution in [2.24, 2.45) is 0 Å². The van der Waals surface area contributed by atoms with Crippen molar-refractivity contribution in [1.82, 2.24) is 4.90 Å². The number of para-hydroxylation sites is 1. The van der Waals surface area contributed by atoms with Crippen LogP contribution >= 0.6 is 0 Å². The van der Waals surface area contributed by atoms with Crippen molar-refractivity contribution >= 4 is 33.2 Å². The van der Waals surface area contributed by atoms with Gasteiger partial charge in [0.1, 0.15) is 0 Å². The fourth-order valence-corrected chi connectivity index (χ4v) is 5.50. The molecule has 0 bridgehead atoms. The van der Waals surface area contributed by atoms with Gasteiger partial charge in [-0.05, 0) is 74.4 Å². The molecule has 0 aromatic heterocycles. The summed E-state index contributed by atoms with van der Waals surface area (Å²) in [6.07, 6.45) is 2.02. The number of hydrogen-bond donors (Lipinski definition) is 1. The first-order valence-electron chi connectivity index (χ1n) is 11.3. The number of amides is 2. The number of carbonyl (C=O) groups excluding carboxylic acids is 2. The van der Waals surface area contributed by atoms with E-state index in [0.717, 1.165) is 25.9 Å². The Morgan fingerprint density at radius 3 is 2.21 bits per heavy atom. The number of hydrogen-bond acceptors (Lipinski definition) is 4. The third kappa shape index (κ3) is 4.97. The van der Waals surface area contributed by atoms with Gasteiger partial charge in [-0.2, -0.15) is 0 Å². The third-order valence-corrected chi connectivity index (χ3v) is 7.71. The molecule has 1 heterocycles. The Balaban J connectivity index is 1.48. The number of nitrogens with zero attached hydrogens (tertiary/aromatic N) is 2. The molecule has 1 N–H and O–H groups in total. The monoisotopic (exact) mass is 477 g/mol. The zero-order valence-corrected chi connectivity index (χ0v) is 19.8. The molecule has 8 heteroatoms. The molecule has 1 aliphatic heterocycles. The second-order valence-electron chi connectivity index (χ2n) is 8.06. The van der Waals surface area contributed by atoms with E-state index < -0.39 is 10.0 Å². The van der Waals surface area contributed by atoms with Crippen molar-refractivity contribution in [2.75, 3.05) is 29.3 Å². The number of likely N-dealkylation sites (tertiary alicyclic amines) is 1. The SMILES string of the molecule is CCN(c1ccccc1)S(=O)(=O)c1ccc(C(=O)Nc2cccc(C(=O)N3CCCC3)c2)cc1. The Labute approximate surface area is 200 Å². The highest BCUT2D eigenvalue weighted by Crippen LogP contribution is 2.24. The minimum absolute atomic E-state index is 0.0398. The number of nitrogens with one attached hydrogen (secondary N) is 1. The van der Waals surface area contributed by atoms with Crippen LogP contribution in [0.1, 0.15) is 40.5 Å². The molecule has 34 heavy (non-hydrogen) atoms. The Bertz CT molecular complexity index is 1270. The molecule has 7 nitrogen and oxygen atoms in total. The third-order valence-electron chi connectivity index (χ3n) is 5.80. The van der Waals surface area contributed by atoms with E-state index in [4.69, 9.17) is 0 Å². The first kappa shape index (κ1) is 23.5. The van der Waals surface area contributed by atoms with Gasteiger partial charge in [0.15, 0.2) is 0 Å². The fraction of sp³-hybridized carbons (Fsp3) is 0.231. The van der Waals surface area contributed by atoms with E-state index >= 15 is 0 Å². The number of benzene rings is 3. The van der Waals surface area contributed by atoms with Gasteiger partial charge >= 0.3 is 0 Å². The predicted octanol–water partition coefficient (Wildman–Crippen LogP) is 4.39. The molecule has 2 amide bonds. The highest BCUT2D eigenvalue weighted by molar-refractivity contribution is 7.92. The maximum atomic E-state index is 13.1. The molecule has 0 spiro atoms. The zero-order chi connectivity index (χ0) is 24.1. The molecular formula is C26H27N3O4S. The van der Waals surface area contributed by atoms with Gasteiger partial charge in [-0.3, -0.25) is 13.9 Å². The lowest BCUT2D eigenvalue weighted by molar-refractivity contribution is 0.0792. The van der Waals surface area contributed by atoms with Crippen LogP contribution < -0.4 is 9.62 Å². The van der Waals surface area contributed by atoms with Crippen molar-refractivity contribution in [3.8, 4) is 0 Å². The van der Waals surface area contributed by atoms with Gasteiger partial charge in [0, 0.05) is 36.4 Å². The average molecular weight is 478 g/mol. The molecule has 0 atom stereocenters. The topological polar surface area (TPSA) is 86.8 Å². The largest absolute Gasteiger partial charge is 0.339 e. The highest BCUT2D eigenvalue weighted by Gasteiger charge is 2.24. The van der Waals surface area contributed by atoms with Gasteiger partial charge in [-0.15, -0.1) is 0 Å². The molecule has 4 rings (SSSR count). The van der Waals surface area contributed by atoms with Crippen LogP contribution in [0.5, 0.6) is 0 Å². The van der Waals surface area contributed by atoms with E-state index in [1.54, 1.807) is 55.5 Å². The maximum absolute atomic E-state index is 13.1. The molecule has 3 aromatic carbocycles. The Kier molecular flexibility index (Phi) is 6.98. The highest BCUT2D eigenvalue weighted by atomic mass is 32.2. The summed E-state index contributed by atoms with van der Waals surface area (Å²) in [5, 5.41) is 2.79. The van der Waals surface area contributed by atoms with Crippen LogP contribution in [0, 0.1) is 0 Å². The van der Waals surface area contributed by atoms with Crippen molar-refractivity contribution in [1.29, 1.82) is 0 Å². The molecule has 1 fully saturated rings. The smallest absolute Gasteiger partial charge is 0.264 e. The number of rotatable bonds is 7. The number of sulfonamides is 1. The maximum Gasteiger partial charge on any atom is 0.264 e. The molecule has 3 aromatic rings. The molecule has 0 aliphatic carbocycles. The van der Waals surface area contributed by atoms with E-state index in [1.165, 1.54) is 28.6 Å². The van der Waals surface area contributed by atoms with Crippen LogP contribution in [0.25, 0.3) is 0 Å². The number of carbonyl (C=O) groups is 2. The van der Waals surface area contributed by atoms with Crippen LogP contribution in [0.15, 0.2) is 83.8 Å². The van der Waals surface area contributed by atoms with Crippen molar-refractivity contribution < 1.29 is 18.0 Å². The summed E-state index contributed by atoms with van der Waals surface area (Å²) in [6, 6.07) is 21.6. The van der Waals surface area contributed by atoms with E-state index in [-0.39, 0.29) is 23.3 Å². The van der Waals surface area contributed by atoms with E-state index in [0.29, 0.717) is 22.5 Å². The van der Waals surface area contributed by atoms with Crippen molar-refractivity contribution in [3.63, 3.8) is 0 Å². The van der Waals surface area contributed by atoms with Crippen LogP contribution in [-0.2, 0) is 10.0 Å². The van der Waals surface area contributed by atoms with Gasteiger partial charge < -0.3 is 10.2 Å². The minimum atomic E-state index is -3.77. The second kappa shape index (κ2) is 10.1. The van der Waals surface area contributed by atoms with Gasteiger partial charge in [0.05, 0.1) is 10.6 Å². The summed E-state index contributed by atoms with van der Waals surface area (Å²) in [5.74, 6) is -0.424. The summed E-state index contributed by atoms with van der Waals surface area (Å²) in [4.78, 5) is 27.3. The molecule has 0 radical (unpaired) electrons. The van der Waals surface area contributed by atoms with Gasteiger partial charge in [0.25, 0.3) is 21.8 Å². The minimum Gasteiger partial charge on any atom is -0.339 e. The van der Waals surface area contributed by atoms with Crippen LogP contribution in [0.3, 0.4) is 0 Å². The standard InChI is InChI=1S/C26H27N3O4S/c1-2-29(23-11-4-3-5-12-23)34(32,33)24-15-13-20(14-16-24)25(30)27-22-10-8-9-21(19-22)26(31)28-17-6-7-18-28/h3-5,8-16,19H,2,6-7,17-18H2,1H3,(H,27,30). The molecule has 0 saturated carbocycles. The first-order chi connectivity index (χ1) is 16.4. The van der Waals surface area contributed by atoms with Gasteiger partial charge in [0.2, 0.25) is 0 Å². The summed E-state index contributed by atoms with van der Waals surface area (Å²) in [7, 11) is -3.77. The first-order valence-corrected chi connectivity index (χ1v) is 12.7. The fourth-order valence-electron chi connectivity index (χ4n) is 4.03. The predicted molar refractivity (Wildman–Crippen MR) is 133 cm³/mol. The van der Waals surface area contributed by atoms with Crippen LogP contribution in [0.2, 0.25) is 0 Å². The summed E-state index contributed by atoms with van der Waals surface area (Å²) in [5.41, 5.74) is 1.93. The Morgan fingerprint density at radius 2 is 1.56 bits per heavy atom. The molecule has 0 unspecified atom stereocenters. The zero-order valence-electron chi connectivity index (χ0n) is 19.0. The molecular weight excluding hydrogens is 450 g/mol. The summed E-state index contributed by atoms with van der Waals surface area (Å²) >= 11 is 0. The van der Waals surface area contributed by atoms with Crippen LogP contribution in [0.4, 0.5) is 11.4 Å². The van der Waals surface area contributed by atoms with Crippen LogP contribution in [-0.4, -0.2) is 44.8 Å². The normalized spacial score (nSPS) is 13.5. The second-order valence-corrected chi connectivity index (χ2v) is 9.93. The Morgan fingerprint density at radius 1 is 0.882 bits per heavy atom. The van der Waals surface area contributed by atoms with E-state index in [1.807, 2.05) is 11.0 Å². The lowest BCUT2D eigenvalue weighted by atomic mass is 10.1. The van der Waals surface area contributed by atoms with E-state index in [9.17, 15) is 18.0 Å². The molecule has 1 aliphatic rings. The average Bonchev–Trinajstić information content (AvgIpc) is 3.40. The lowest BCUT2D eigenvalue weighted by Gasteiger charge is -2.23. The summed E-state index contributed by atoms with van der Waals surface area (Å²) < 4.78 is 27.6. The van der Waals surface area contributed by atoms with Gasteiger partial charge in [-0.25, -0.2) is 8.42 Å². The molecule has 176 valence electrons. The summed E-state index contributed by atoms with van der Waals surface area (Å²) in [6.45, 7) is 3.56. The quantitative estimate of drug-likeness (QED) is 0.547. The van der Waals surface area contributed by atoms with Crippen molar-refractivity contribution in [2.45, 2.75) is 24.7 Å². The number of anilines is 2.